The molecule has 0 aliphatic carbocycles. The van der Waals surface area contributed by atoms with E-state index in [2.05, 4.69) is 21.0 Å². The summed E-state index contributed by atoms with van der Waals surface area (Å²) in [5, 5.41) is 15.3. The van der Waals surface area contributed by atoms with Crippen LogP contribution in [0.5, 0.6) is 0 Å². The first-order valence-corrected chi connectivity index (χ1v) is 6.06. The van der Waals surface area contributed by atoms with Crippen molar-refractivity contribution in [2.45, 2.75) is 26.0 Å². The molecule has 1 aliphatic heterocycles. The van der Waals surface area contributed by atoms with Crippen molar-refractivity contribution in [3.8, 4) is 0 Å². The third kappa shape index (κ3) is 2.40. The summed E-state index contributed by atoms with van der Waals surface area (Å²) < 4.78 is 0.905. The SMILES string of the molecule is CC1=NN(C(=O)c2ccc(Br)cc2)[C@@](C)(O)C1. The Morgan fingerprint density at radius 3 is 2.53 bits per heavy atom. The molecule has 0 saturated heterocycles. The van der Waals surface area contributed by atoms with E-state index in [1.54, 1.807) is 38.1 Å². The van der Waals surface area contributed by atoms with Gasteiger partial charge in [-0.15, -0.1) is 0 Å². The number of halogens is 1. The molecule has 1 aliphatic rings. The molecule has 0 fully saturated rings. The van der Waals surface area contributed by atoms with Crippen LogP contribution in [-0.2, 0) is 0 Å². The summed E-state index contributed by atoms with van der Waals surface area (Å²) in [6.45, 7) is 3.38. The molecule has 0 spiro atoms. The molecule has 0 radical (unpaired) electrons. The molecule has 1 heterocycles. The van der Waals surface area contributed by atoms with Crippen molar-refractivity contribution in [1.82, 2.24) is 5.01 Å². The number of hydrazone groups is 1. The lowest BCUT2D eigenvalue weighted by Gasteiger charge is -2.26. The number of benzene rings is 1. The first kappa shape index (κ1) is 12.3. The zero-order valence-electron chi connectivity index (χ0n) is 9.64. The van der Waals surface area contributed by atoms with Gasteiger partial charge in [-0.1, -0.05) is 15.9 Å². The van der Waals surface area contributed by atoms with Gasteiger partial charge in [0.05, 0.1) is 0 Å². The third-order valence-electron chi connectivity index (χ3n) is 2.60. The molecule has 1 aromatic rings. The van der Waals surface area contributed by atoms with Gasteiger partial charge < -0.3 is 5.11 Å². The number of rotatable bonds is 1. The normalized spacial score (nSPS) is 23.8. The highest BCUT2D eigenvalue weighted by atomic mass is 79.9. The highest BCUT2D eigenvalue weighted by Crippen LogP contribution is 2.26. The summed E-state index contributed by atoms with van der Waals surface area (Å²) >= 11 is 3.31. The third-order valence-corrected chi connectivity index (χ3v) is 3.13. The van der Waals surface area contributed by atoms with Crippen LogP contribution >= 0.6 is 15.9 Å². The predicted octanol–water partition coefficient (Wildman–Crippen LogP) is 2.38. The van der Waals surface area contributed by atoms with Crippen molar-refractivity contribution in [1.29, 1.82) is 0 Å². The van der Waals surface area contributed by atoms with E-state index in [0.717, 1.165) is 15.2 Å². The van der Waals surface area contributed by atoms with Crippen LogP contribution in [0.3, 0.4) is 0 Å². The maximum absolute atomic E-state index is 12.2. The van der Waals surface area contributed by atoms with E-state index in [4.69, 9.17) is 0 Å². The van der Waals surface area contributed by atoms with Crippen molar-refractivity contribution in [2.24, 2.45) is 5.10 Å². The summed E-state index contributed by atoms with van der Waals surface area (Å²) in [7, 11) is 0. The molecule has 1 N–H and O–H groups in total. The monoisotopic (exact) mass is 296 g/mol. The van der Waals surface area contributed by atoms with Crippen molar-refractivity contribution in [3.05, 3.63) is 34.3 Å². The average Bonchev–Trinajstić information content (AvgIpc) is 2.52. The van der Waals surface area contributed by atoms with Gasteiger partial charge >= 0.3 is 0 Å². The highest BCUT2D eigenvalue weighted by Gasteiger charge is 2.39. The topological polar surface area (TPSA) is 52.9 Å². The number of hydrogen-bond acceptors (Lipinski definition) is 3. The smallest absolute Gasteiger partial charge is 0.276 e. The molecule has 4 nitrogen and oxygen atoms in total. The number of carbonyl (C=O) groups excluding carboxylic acids is 1. The Labute approximate surface area is 108 Å². The van der Waals surface area contributed by atoms with Crippen molar-refractivity contribution >= 4 is 27.5 Å². The van der Waals surface area contributed by atoms with Crippen LogP contribution < -0.4 is 0 Å². The lowest BCUT2D eigenvalue weighted by Crippen LogP contribution is -2.43. The van der Waals surface area contributed by atoms with Gasteiger partial charge in [-0.05, 0) is 38.1 Å². The minimum absolute atomic E-state index is 0.292. The molecule has 0 saturated carbocycles. The molecule has 0 bridgehead atoms. The van der Waals surface area contributed by atoms with Crippen molar-refractivity contribution in [3.63, 3.8) is 0 Å². The van der Waals surface area contributed by atoms with Crippen LogP contribution in [0.25, 0.3) is 0 Å². The number of hydrogen-bond donors (Lipinski definition) is 1. The van der Waals surface area contributed by atoms with Crippen molar-refractivity contribution < 1.29 is 9.90 Å². The largest absolute Gasteiger partial charge is 0.369 e. The van der Waals surface area contributed by atoms with Crippen LogP contribution in [-0.4, -0.2) is 27.5 Å². The minimum atomic E-state index is -1.23. The molecular formula is C12H13BrN2O2. The van der Waals surface area contributed by atoms with Crippen LogP contribution in [0.15, 0.2) is 33.8 Å². The molecule has 0 aromatic heterocycles. The summed E-state index contributed by atoms with van der Waals surface area (Å²) in [6.07, 6.45) is 0.384. The highest BCUT2D eigenvalue weighted by molar-refractivity contribution is 9.10. The van der Waals surface area contributed by atoms with Crippen LogP contribution in [0.2, 0.25) is 0 Å². The first-order chi connectivity index (χ1) is 7.90. The molecule has 1 aromatic carbocycles. The Kier molecular flexibility index (Phi) is 3.05. The fraction of sp³-hybridized carbons (Fsp3) is 0.333. The van der Waals surface area contributed by atoms with Crippen molar-refractivity contribution in [2.75, 3.05) is 0 Å². The number of carbonyl (C=O) groups is 1. The summed E-state index contributed by atoms with van der Waals surface area (Å²) in [4.78, 5) is 12.2. The Balaban J connectivity index is 2.29. The van der Waals surface area contributed by atoms with E-state index < -0.39 is 5.72 Å². The second kappa shape index (κ2) is 4.23. The summed E-state index contributed by atoms with van der Waals surface area (Å²) in [6, 6.07) is 6.97. The lowest BCUT2D eigenvalue weighted by molar-refractivity contribution is -0.0553. The van der Waals surface area contributed by atoms with Gasteiger partial charge in [-0.25, -0.2) is 0 Å². The second-order valence-electron chi connectivity index (χ2n) is 4.35. The van der Waals surface area contributed by atoms with Gasteiger partial charge in [0.2, 0.25) is 0 Å². The molecule has 2 rings (SSSR count). The molecule has 5 heteroatoms. The number of aliphatic hydroxyl groups is 1. The van der Waals surface area contributed by atoms with Gasteiger partial charge in [0, 0.05) is 22.2 Å². The van der Waals surface area contributed by atoms with Gasteiger partial charge in [0.1, 0.15) is 0 Å². The molecule has 1 atom stereocenters. The Morgan fingerprint density at radius 2 is 2.06 bits per heavy atom. The van der Waals surface area contributed by atoms with Crippen LogP contribution in [0.4, 0.5) is 0 Å². The Morgan fingerprint density at radius 1 is 1.47 bits per heavy atom. The predicted molar refractivity (Wildman–Crippen MR) is 68.7 cm³/mol. The maximum atomic E-state index is 12.2. The van der Waals surface area contributed by atoms with E-state index in [0.29, 0.717) is 12.0 Å². The standard InChI is InChI=1S/C12H13BrN2O2/c1-8-7-12(2,17)15(14-8)11(16)9-3-5-10(13)6-4-9/h3-6,17H,7H2,1-2H3/t12-/m0/s1. The lowest BCUT2D eigenvalue weighted by atomic mass is 10.1. The zero-order chi connectivity index (χ0) is 12.6. The Bertz CT molecular complexity index is 480. The van der Waals surface area contributed by atoms with Gasteiger partial charge in [0.25, 0.3) is 5.91 Å². The summed E-state index contributed by atoms with van der Waals surface area (Å²) in [5.74, 6) is -0.292. The van der Waals surface area contributed by atoms with E-state index in [-0.39, 0.29) is 5.91 Å². The van der Waals surface area contributed by atoms with E-state index >= 15 is 0 Å². The van der Waals surface area contributed by atoms with Crippen LogP contribution in [0.1, 0.15) is 30.6 Å². The van der Waals surface area contributed by atoms with E-state index in [9.17, 15) is 9.90 Å². The van der Waals surface area contributed by atoms with E-state index in [1.165, 1.54) is 0 Å². The zero-order valence-corrected chi connectivity index (χ0v) is 11.2. The molecule has 17 heavy (non-hydrogen) atoms. The van der Waals surface area contributed by atoms with Crippen LogP contribution in [0, 0.1) is 0 Å². The Hall–Kier alpha value is -1.20. The average molecular weight is 297 g/mol. The number of nitrogens with zero attached hydrogens (tertiary/aromatic N) is 2. The fourth-order valence-corrected chi connectivity index (χ4v) is 2.12. The second-order valence-corrected chi connectivity index (χ2v) is 5.27. The van der Waals surface area contributed by atoms with Gasteiger partial charge in [-0.2, -0.15) is 10.1 Å². The first-order valence-electron chi connectivity index (χ1n) is 5.27. The maximum Gasteiger partial charge on any atom is 0.276 e. The molecular weight excluding hydrogens is 284 g/mol. The van der Waals surface area contributed by atoms with Gasteiger partial charge in [-0.3, -0.25) is 4.79 Å². The fourth-order valence-electron chi connectivity index (χ4n) is 1.85. The molecule has 1 amide bonds. The minimum Gasteiger partial charge on any atom is -0.369 e. The molecule has 90 valence electrons. The quantitative estimate of drug-likeness (QED) is 0.865. The van der Waals surface area contributed by atoms with Gasteiger partial charge in [0.15, 0.2) is 5.72 Å². The number of amides is 1. The van der Waals surface area contributed by atoms with E-state index in [1.807, 2.05) is 0 Å². The molecule has 0 unspecified atom stereocenters. The summed E-state index contributed by atoms with van der Waals surface area (Å²) in [5.41, 5.74) is 0.0289.